The lowest BCUT2D eigenvalue weighted by molar-refractivity contribution is -0.135. The van der Waals surface area contributed by atoms with Gasteiger partial charge in [0, 0.05) is 13.1 Å². The Balaban J connectivity index is 0. The van der Waals surface area contributed by atoms with Gasteiger partial charge in [0.1, 0.15) is 0 Å². The number of carboxylic acid groups (broad SMARTS) is 1. The number of hydrogen-bond acceptors (Lipinski definition) is 3. The molecule has 0 saturated carbocycles. The van der Waals surface area contributed by atoms with E-state index in [0.717, 1.165) is 0 Å². The minimum Gasteiger partial charge on any atom is -0.478 e. The Kier molecular flexibility index (Phi) is 8.72. The lowest BCUT2D eigenvalue weighted by Gasteiger charge is -1.99. The number of nitrogens with two attached hydrogens (primary N) is 2. The molecule has 0 radical (unpaired) electrons. The zero-order valence-corrected chi connectivity index (χ0v) is 7.83. The summed E-state index contributed by atoms with van der Waals surface area (Å²) < 4.78 is -2.17. The van der Waals surface area contributed by atoms with Crippen LogP contribution in [0.2, 0.25) is 0 Å². The highest BCUT2D eigenvalue weighted by atomic mass is 35.6. The quantitative estimate of drug-likeness (QED) is 0.560. The smallest absolute Gasteiger partial charge is 0.356 e. The Morgan fingerprint density at radius 1 is 1.27 bits per heavy atom. The van der Waals surface area contributed by atoms with Crippen molar-refractivity contribution in [1.29, 1.82) is 0 Å². The van der Waals surface area contributed by atoms with Crippen molar-refractivity contribution in [2.24, 2.45) is 11.5 Å². The Hall–Kier alpha value is 0.260. The standard InChI is InChI=1S/C2HCl3O2.C2H8N2/c3-2(4,5)1(6)7;3-1-2-4/h(H,6,7);1-4H2. The maximum absolute atomic E-state index is 9.62. The summed E-state index contributed by atoms with van der Waals surface area (Å²) in [5.74, 6) is -1.46. The third kappa shape index (κ3) is 13.3. The van der Waals surface area contributed by atoms with Crippen LogP contribution >= 0.6 is 34.8 Å². The van der Waals surface area contributed by atoms with E-state index in [0.29, 0.717) is 13.1 Å². The average Bonchev–Trinajstić information content (AvgIpc) is 1.87. The first-order valence-electron chi connectivity index (χ1n) is 2.56. The average molecular weight is 223 g/mol. The van der Waals surface area contributed by atoms with Crippen LogP contribution in [0.4, 0.5) is 0 Å². The normalized spacial score (nSPS) is 9.91. The molecular weight excluding hydrogens is 214 g/mol. The highest BCUT2D eigenvalue weighted by molar-refractivity contribution is 6.75. The van der Waals surface area contributed by atoms with Crippen molar-refractivity contribution in [3.05, 3.63) is 0 Å². The van der Waals surface area contributed by atoms with Crippen molar-refractivity contribution >= 4 is 40.8 Å². The van der Waals surface area contributed by atoms with Crippen LogP contribution in [-0.2, 0) is 4.79 Å². The summed E-state index contributed by atoms with van der Waals surface area (Å²) in [6.07, 6.45) is 0. The van der Waals surface area contributed by atoms with E-state index in [-0.39, 0.29) is 0 Å². The van der Waals surface area contributed by atoms with E-state index < -0.39 is 9.76 Å². The van der Waals surface area contributed by atoms with Crippen molar-refractivity contribution in [3.63, 3.8) is 0 Å². The Morgan fingerprint density at radius 3 is 1.45 bits per heavy atom. The third-order valence-corrected chi connectivity index (χ3v) is 0.894. The Morgan fingerprint density at radius 2 is 1.45 bits per heavy atom. The van der Waals surface area contributed by atoms with E-state index in [1.54, 1.807) is 0 Å². The molecule has 0 aliphatic heterocycles. The van der Waals surface area contributed by atoms with Gasteiger partial charge in [-0.2, -0.15) is 0 Å². The molecule has 0 amide bonds. The van der Waals surface area contributed by atoms with Gasteiger partial charge in [0.05, 0.1) is 0 Å². The second-order valence-electron chi connectivity index (χ2n) is 1.38. The zero-order valence-electron chi connectivity index (χ0n) is 5.56. The lowest BCUT2D eigenvalue weighted by Crippen LogP contribution is -2.16. The van der Waals surface area contributed by atoms with Gasteiger partial charge in [-0.3, -0.25) is 0 Å². The van der Waals surface area contributed by atoms with Gasteiger partial charge in [0.2, 0.25) is 0 Å². The molecule has 68 valence electrons. The summed E-state index contributed by atoms with van der Waals surface area (Å²) in [5.41, 5.74) is 9.81. The molecule has 11 heavy (non-hydrogen) atoms. The highest BCUT2D eigenvalue weighted by Crippen LogP contribution is 2.25. The molecule has 0 saturated heterocycles. The fourth-order valence-electron chi connectivity index (χ4n) is 0. The molecule has 5 N–H and O–H groups in total. The number of carbonyl (C=O) groups is 1. The Labute approximate surface area is 79.4 Å². The van der Waals surface area contributed by atoms with Crippen LogP contribution in [0, 0.1) is 0 Å². The van der Waals surface area contributed by atoms with Gasteiger partial charge < -0.3 is 16.6 Å². The van der Waals surface area contributed by atoms with Gasteiger partial charge in [0.15, 0.2) is 0 Å². The van der Waals surface area contributed by atoms with E-state index >= 15 is 0 Å². The summed E-state index contributed by atoms with van der Waals surface area (Å²) in [7, 11) is 0. The molecule has 0 aliphatic carbocycles. The molecule has 0 aromatic rings. The summed E-state index contributed by atoms with van der Waals surface area (Å²) in [5, 5.41) is 7.85. The predicted molar refractivity (Wildman–Crippen MR) is 46.0 cm³/mol. The van der Waals surface area contributed by atoms with Crippen molar-refractivity contribution in [1.82, 2.24) is 0 Å². The van der Waals surface area contributed by atoms with Crippen LogP contribution in [-0.4, -0.2) is 28.0 Å². The molecule has 0 spiro atoms. The van der Waals surface area contributed by atoms with Gasteiger partial charge in [-0.25, -0.2) is 4.79 Å². The Bertz CT molecular complexity index is 112. The van der Waals surface area contributed by atoms with Crippen LogP contribution in [0.5, 0.6) is 0 Å². The molecule has 7 heteroatoms. The SMILES string of the molecule is NCCN.O=C(O)C(Cl)(Cl)Cl. The second-order valence-corrected chi connectivity index (χ2v) is 3.66. The fraction of sp³-hybridized carbons (Fsp3) is 0.750. The maximum Gasteiger partial charge on any atom is 0.356 e. The van der Waals surface area contributed by atoms with E-state index in [4.69, 9.17) is 51.4 Å². The summed E-state index contributed by atoms with van der Waals surface area (Å²) in [6.45, 7) is 1.19. The molecule has 0 aromatic carbocycles. The number of hydrogen-bond donors (Lipinski definition) is 3. The van der Waals surface area contributed by atoms with Crippen molar-refractivity contribution in [2.75, 3.05) is 13.1 Å². The lowest BCUT2D eigenvalue weighted by atomic mass is 10.7. The molecule has 0 aromatic heterocycles. The first-order chi connectivity index (χ1) is 4.86. The van der Waals surface area contributed by atoms with E-state index in [1.807, 2.05) is 0 Å². The minimum atomic E-state index is -2.17. The summed E-state index contributed by atoms with van der Waals surface area (Å²) in [4.78, 5) is 9.62. The molecule has 0 atom stereocenters. The number of carboxylic acids is 1. The zero-order chi connectivity index (χ0) is 9.49. The highest BCUT2D eigenvalue weighted by Gasteiger charge is 2.29. The van der Waals surface area contributed by atoms with Crippen molar-refractivity contribution < 1.29 is 9.90 Å². The van der Waals surface area contributed by atoms with Crippen LogP contribution in [0.25, 0.3) is 0 Å². The van der Waals surface area contributed by atoms with Crippen molar-refractivity contribution in [2.45, 2.75) is 3.79 Å². The van der Waals surface area contributed by atoms with E-state index in [2.05, 4.69) is 0 Å². The van der Waals surface area contributed by atoms with Gasteiger partial charge in [0.25, 0.3) is 3.79 Å². The van der Waals surface area contributed by atoms with E-state index in [9.17, 15) is 4.79 Å². The van der Waals surface area contributed by atoms with Crippen LogP contribution in [0.3, 0.4) is 0 Å². The monoisotopic (exact) mass is 222 g/mol. The molecule has 0 fully saturated rings. The summed E-state index contributed by atoms with van der Waals surface area (Å²) >= 11 is 14.4. The van der Waals surface area contributed by atoms with Gasteiger partial charge in [-0.1, -0.05) is 34.8 Å². The molecule has 0 heterocycles. The molecule has 0 bridgehead atoms. The first kappa shape index (κ1) is 13.8. The molecule has 0 aliphatic rings. The molecular formula is C4H9Cl3N2O2. The summed E-state index contributed by atoms with van der Waals surface area (Å²) in [6, 6.07) is 0. The van der Waals surface area contributed by atoms with Crippen LogP contribution < -0.4 is 11.5 Å². The molecule has 4 nitrogen and oxygen atoms in total. The van der Waals surface area contributed by atoms with Gasteiger partial charge in [-0.15, -0.1) is 0 Å². The largest absolute Gasteiger partial charge is 0.478 e. The van der Waals surface area contributed by atoms with E-state index in [1.165, 1.54) is 0 Å². The topological polar surface area (TPSA) is 89.3 Å². The number of aliphatic carboxylic acids is 1. The van der Waals surface area contributed by atoms with Crippen LogP contribution in [0.1, 0.15) is 0 Å². The van der Waals surface area contributed by atoms with Crippen molar-refractivity contribution in [3.8, 4) is 0 Å². The predicted octanol–water partition coefficient (Wildman–Crippen LogP) is 0.345. The molecule has 0 unspecified atom stereocenters. The first-order valence-corrected chi connectivity index (χ1v) is 3.70. The number of halogens is 3. The fourth-order valence-corrected chi connectivity index (χ4v) is 0. The third-order valence-electron chi connectivity index (χ3n) is 0.409. The van der Waals surface area contributed by atoms with Gasteiger partial charge >= 0.3 is 5.97 Å². The minimum absolute atomic E-state index is 0.597. The molecule has 0 rings (SSSR count). The van der Waals surface area contributed by atoms with Gasteiger partial charge in [-0.05, 0) is 0 Å². The number of rotatable bonds is 1. The second kappa shape index (κ2) is 6.94. The maximum atomic E-state index is 9.62. The van der Waals surface area contributed by atoms with Crippen LogP contribution in [0.15, 0.2) is 0 Å². The number of alkyl halides is 3.